The number of rotatable bonds is 3. The summed E-state index contributed by atoms with van der Waals surface area (Å²) in [5, 5.41) is 12.0. The van der Waals surface area contributed by atoms with E-state index in [0.717, 1.165) is 5.69 Å². The summed E-state index contributed by atoms with van der Waals surface area (Å²) in [6.07, 6.45) is -0.413. The molecule has 0 spiro atoms. The molecule has 0 saturated heterocycles. The summed E-state index contributed by atoms with van der Waals surface area (Å²) in [5.74, 6) is -0.289. The highest BCUT2D eigenvalue weighted by Crippen LogP contribution is 2.19. The van der Waals surface area contributed by atoms with Crippen LogP contribution in [0.5, 0.6) is 0 Å². The number of halogens is 2. The van der Waals surface area contributed by atoms with Crippen molar-refractivity contribution < 1.29 is 9.50 Å². The molecule has 0 fully saturated rings. The van der Waals surface area contributed by atoms with Crippen molar-refractivity contribution >= 4 is 21.6 Å². The summed E-state index contributed by atoms with van der Waals surface area (Å²) in [7, 11) is 0. The summed E-state index contributed by atoms with van der Waals surface area (Å²) >= 11 is 3.08. The lowest BCUT2D eigenvalue weighted by Gasteiger charge is -2.08. The van der Waals surface area contributed by atoms with Gasteiger partial charge in [-0.15, -0.1) is 0 Å². The van der Waals surface area contributed by atoms with Crippen LogP contribution in [0, 0.1) is 5.82 Å². The van der Waals surface area contributed by atoms with Gasteiger partial charge in [0, 0.05) is 12.2 Å². The van der Waals surface area contributed by atoms with Crippen molar-refractivity contribution in [2.75, 3.05) is 11.9 Å². The van der Waals surface area contributed by atoms with Crippen molar-refractivity contribution in [2.45, 2.75) is 13.0 Å². The Bertz CT molecular complexity index is 291. The molecule has 0 amide bonds. The molecule has 2 nitrogen and oxygen atoms in total. The maximum atomic E-state index is 12.8. The van der Waals surface area contributed by atoms with Crippen LogP contribution in [-0.4, -0.2) is 17.8 Å². The van der Waals surface area contributed by atoms with E-state index >= 15 is 0 Å². The van der Waals surface area contributed by atoms with E-state index in [9.17, 15) is 4.39 Å². The van der Waals surface area contributed by atoms with E-state index in [-0.39, 0.29) is 5.82 Å². The second-order valence-corrected chi connectivity index (χ2v) is 3.71. The standard InChI is InChI=1S/C9H11BrFNO/c1-6(13)5-12-7-2-3-9(11)8(10)4-7/h2-4,6,12-13H,5H2,1H3/t6-/m1/s1. The molecule has 1 aromatic rings. The van der Waals surface area contributed by atoms with Crippen molar-refractivity contribution in [3.05, 3.63) is 28.5 Å². The van der Waals surface area contributed by atoms with Crippen molar-refractivity contribution in [1.82, 2.24) is 0 Å². The highest BCUT2D eigenvalue weighted by atomic mass is 79.9. The van der Waals surface area contributed by atoms with E-state index in [1.54, 1.807) is 19.1 Å². The topological polar surface area (TPSA) is 32.3 Å². The zero-order chi connectivity index (χ0) is 9.84. The number of aliphatic hydroxyl groups excluding tert-OH is 1. The average Bonchev–Trinajstić information content (AvgIpc) is 2.07. The maximum Gasteiger partial charge on any atom is 0.137 e. The Labute approximate surface area is 84.9 Å². The van der Waals surface area contributed by atoms with Gasteiger partial charge < -0.3 is 10.4 Å². The largest absolute Gasteiger partial charge is 0.392 e. The zero-order valence-electron chi connectivity index (χ0n) is 7.22. The summed E-state index contributed by atoms with van der Waals surface area (Å²) < 4.78 is 13.2. The molecule has 0 aromatic heterocycles. The lowest BCUT2D eigenvalue weighted by molar-refractivity contribution is 0.208. The minimum atomic E-state index is -0.413. The van der Waals surface area contributed by atoms with Gasteiger partial charge in [0.25, 0.3) is 0 Å². The SMILES string of the molecule is C[C@@H](O)CNc1ccc(F)c(Br)c1. The lowest BCUT2D eigenvalue weighted by atomic mass is 10.3. The van der Waals surface area contributed by atoms with E-state index in [4.69, 9.17) is 5.11 Å². The van der Waals surface area contributed by atoms with Gasteiger partial charge in [-0.2, -0.15) is 0 Å². The zero-order valence-corrected chi connectivity index (χ0v) is 8.81. The van der Waals surface area contributed by atoms with E-state index in [1.165, 1.54) is 6.07 Å². The van der Waals surface area contributed by atoms with Crippen molar-refractivity contribution in [3.63, 3.8) is 0 Å². The van der Waals surface area contributed by atoms with Crippen LogP contribution in [0.25, 0.3) is 0 Å². The average molecular weight is 248 g/mol. The van der Waals surface area contributed by atoms with Gasteiger partial charge in [0.15, 0.2) is 0 Å². The minimum absolute atomic E-state index is 0.289. The number of anilines is 1. The molecule has 0 aliphatic heterocycles. The minimum Gasteiger partial charge on any atom is -0.392 e. The van der Waals surface area contributed by atoms with Crippen molar-refractivity contribution in [2.24, 2.45) is 0 Å². The number of nitrogens with one attached hydrogen (secondary N) is 1. The van der Waals surface area contributed by atoms with Crippen LogP contribution >= 0.6 is 15.9 Å². The van der Waals surface area contributed by atoms with Gasteiger partial charge in [-0.25, -0.2) is 4.39 Å². The summed E-state index contributed by atoms with van der Waals surface area (Å²) in [4.78, 5) is 0. The fourth-order valence-electron chi connectivity index (χ4n) is 0.872. The van der Waals surface area contributed by atoms with E-state index in [2.05, 4.69) is 21.2 Å². The molecule has 0 bridgehead atoms. The highest BCUT2D eigenvalue weighted by molar-refractivity contribution is 9.10. The molecule has 1 rings (SSSR count). The third-order valence-electron chi connectivity index (χ3n) is 1.52. The van der Waals surface area contributed by atoms with Crippen LogP contribution in [0.4, 0.5) is 10.1 Å². The molecule has 1 aromatic carbocycles. The van der Waals surface area contributed by atoms with Crippen LogP contribution in [0.2, 0.25) is 0 Å². The maximum absolute atomic E-state index is 12.8. The molecule has 0 unspecified atom stereocenters. The van der Waals surface area contributed by atoms with Gasteiger partial charge >= 0.3 is 0 Å². The second-order valence-electron chi connectivity index (χ2n) is 2.86. The molecule has 2 N–H and O–H groups in total. The predicted molar refractivity (Wildman–Crippen MR) is 54.3 cm³/mol. The normalized spacial score (nSPS) is 12.6. The van der Waals surface area contributed by atoms with Gasteiger partial charge in [0.1, 0.15) is 5.82 Å². The molecule has 13 heavy (non-hydrogen) atoms. The first-order chi connectivity index (χ1) is 6.09. The van der Waals surface area contributed by atoms with Crippen LogP contribution in [0.3, 0.4) is 0 Å². The molecule has 0 heterocycles. The summed E-state index contributed by atoms with van der Waals surface area (Å²) in [6.45, 7) is 2.14. The van der Waals surface area contributed by atoms with Crippen LogP contribution < -0.4 is 5.32 Å². The Hall–Kier alpha value is -0.610. The molecular weight excluding hydrogens is 237 g/mol. The lowest BCUT2D eigenvalue weighted by Crippen LogP contribution is -2.15. The van der Waals surface area contributed by atoms with E-state index in [1.807, 2.05) is 0 Å². The molecule has 1 atom stereocenters. The number of hydrogen-bond donors (Lipinski definition) is 2. The Morgan fingerprint density at radius 2 is 2.31 bits per heavy atom. The van der Waals surface area contributed by atoms with Crippen LogP contribution in [-0.2, 0) is 0 Å². The Morgan fingerprint density at radius 3 is 2.85 bits per heavy atom. The highest BCUT2D eigenvalue weighted by Gasteiger charge is 2.00. The summed E-state index contributed by atoms with van der Waals surface area (Å²) in [6, 6.07) is 4.63. The number of benzene rings is 1. The fraction of sp³-hybridized carbons (Fsp3) is 0.333. The monoisotopic (exact) mass is 247 g/mol. The first-order valence-corrected chi connectivity index (χ1v) is 4.76. The molecule has 72 valence electrons. The Morgan fingerprint density at radius 1 is 1.62 bits per heavy atom. The van der Waals surface area contributed by atoms with Crippen LogP contribution in [0.1, 0.15) is 6.92 Å². The Balaban J connectivity index is 2.63. The molecule has 0 radical (unpaired) electrons. The van der Waals surface area contributed by atoms with Crippen molar-refractivity contribution in [1.29, 1.82) is 0 Å². The first-order valence-electron chi connectivity index (χ1n) is 3.96. The molecular formula is C9H11BrFNO. The first kappa shape index (κ1) is 10.5. The van der Waals surface area contributed by atoms with E-state index in [0.29, 0.717) is 11.0 Å². The second kappa shape index (κ2) is 4.58. The van der Waals surface area contributed by atoms with Crippen molar-refractivity contribution in [3.8, 4) is 0 Å². The van der Waals surface area contributed by atoms with Gasteiger partial charge in [-0.1, -0.05) is 0 Å². The molecule has 4 heteroatoms. The molecule has 0 aliphatic rings. The summed E-state index contributed by atoms with van der Waals surface area (Å²) in [5.41, 5.74) is 0.786. The van der Waals surface area contributed by atoms with Crippen LogP contribution in [0.15, 0.2) is 22.7 Å². The molecule has 0 aliphatic carbocycles. The molecule has 0 saturated carbocycles. The van der Waals surface area contributed by atoms with Gasteiger partial charge in [-0.3, -0.25) is 0 Å². The van der Waals surface area contributed by atoms with Gasteiger partial charge in [0.2, 0.25) is 0 Å². The predicted octanol–water partition coefficient (Wildman–Crippen LogP) is 2.38. The Kier molecular flexibility index (Phi) is 3.69. The number of hydrogen-bond acceptors (Lipinski definition) is 2. The van der Waals surface area contributed by atoms with Gasteiger partial charge in [0.05, 0.1) is 10.6 Å². The quantitative estimate of drug-likeness (QED) is 0.860. The smallest absolute Gasteiger partial charge is 0.137 e. The fourth-order valence-corrected chi connectivity index (χ4v) is 1.25. The third-order valence-corrected chi connectivity index (χ3v) is 2.13. The third kappa shape index (κ3) is 3.32. The number of aliphatic hydroxyl groups is 1. The van der Waals surface area contributed by atoms with E-state index < -0.39 is 6.10 Å². The van der Waals surface area contributed by atoms with Gasteiger partial charge in [-0.05, 0) is 41.1 Å².